The van der Waals surface area contributed by atoms with Crippen molar-refractivity contribution in [3.05, 3.63) is 69.3 Å². The van der Waals surface area contributed by atoms with Crippen molar-refractivity contribution < 1.29 is 4.79 Å². The van der Waals surface area contributed by atoms with Crippen molar-refractivity contribution in [3.8, 4) is 0 Å². The molecule has 0 N–H and O–H groups in total. The Morgan fingerprint density at radius 2 is 1.62 bits per heavy atom. The molecule has 0 radical (unpaired) electrons. The minimum Gasteiger partial charge on any atom is -0.302 e. The fourth-order valence-electron chi connectivity index (χ4n) is 1.71. The Bertz CT molecular complexity index is 479. The lowest BCUT2D eigenvalue weighted by Gasteiger charge is -2.11. The van der Waals surface area contributed by atoms with Gasteiger partial charge in [0.25, 0.3) is 0 Å². The van der Waals surface area contributed by atoms with E-state index < -0.39 is 0 Å². The smallest absolute Gasteiger partial charge is 0.131 e. The van der Waals surface area contributed by atoms with Crippen LogP contribution in [0.4, 0.5) is 0 Å². The van der Waals surface area contributed by atoms with Crippen LogP contribution in [0.15, 0.2) is 54.6 Å². The second kappa shape index (κ2) is 5.25. The van der Waals surface area contributed by atoms with Crippen molar-refractivity contribution in [2.24, 2.45) is 0 Å². The summed E-state index contributed by atoms with van der Waals surface area (Å²) >= 11 is 2.26. The number of hydrogen-bond acceptors (Lipinski definition) is 1. The molecule has 1 unspecified atom stereocenters. The van der Waals surface area contributed by atoms with Crippen LogP contribution < -0.4 is 0 Å². The summed E-state index contributed by atoms with van der Waals surface area (Å²) in [6.07, 6.45) is 1.00. The highest BCUT2D eigenvalue weighted by molar-refractivity contribution is 14.1. The van der Waals surface area contributed by atoms with Crippen molar-refractivity contribution in [1.29, 1.82) is 0 Å². The van der Waals surface area contributed by atoms with Crippen molar-refractivity contribution in [1.82, 2.24) is 0 Å². The highest BCUT2D eigenvalue weighted by Crippen LogP contribution is 2.23. The van der Waals surface area contributed by atoms with E-state index in [-0.39, 0.29) is 5.92 Å². The number of hydrogen-bond donors (Lipinski definition) is 0. The highest BCUT2D eigenvalue weighted by Gasteiger charge is 2.12. The Hall–Kier alpha value is -1.16. The number of halogens is 1. The molecular formula is C14H11IO. The summed E-state index contributed by atoms with van der Waals surface area (Å²) in [5, 5.41) is 0. The van der Waals surface area contributed by atoms with Gasteiger partial charge in [-0.2, -0.15) is 0 Å². The molecule has 0 aliphatic carbocycles. The zero-order valence-electron chi connectivity index (χ0n) is 8.64. The molecule has 2 aromatic carbocycles. The predicted octanol–water partition coefficient (Wildman–Crippen LogP) is 3.62. The fraction of sp³-hybridized carbons (Fsp3) is 0.0714. The molecule has 1 nitrogen and oxygen atoms in total. The lowest BCUT2D eigenvalue weighted by Crippen LogP contribution is -2.02. The number of benzene rings is 2. The molecule has 2 aromatic rings. The topological polar surface area (TPSA) is 17.1 Å². The second-order valence-corrected chi connectivity index (χ2v) is 4.83. The van der Waals surface area contributed by atoms with Gasteiger partial charge in [0, 0.05) is 3.57 Å². The maximum absolute atomic E-state index is 11.2. The van der Waals surface area contributed by atoms with Crippen LogP contribution in [0.1, 0.15) is 17.0 Å². The normalized spacial score (nSPS) is 12.1. The molecule has 16 heavy (non-hydrogen) atoms. The Balaban J connectivity index is 2.41. The number of carbonyl (C=O) groups is 1. The first kappa shape index (κ1) is 11.3. The van der Waals surface area contributed by atoms with Gasteiger partial charge in [-0.15, -0.1) is 0 Å². The zero-order valence-corrected chi connectivity index (χ0v) is 10.8. The standard InChI is InChI=1S/C14H11IO/c15-13-8-4-7-12(9-13)14(10-16)11-5-2-1-3-6-11/h1-10,14H. The number of carbonyl (C=O) groups excluding carboxylic acids is 1. The van der Waals surface area contributed by atoms with Gasteiger partial charge in [0.2, 0.25) is 0 Å². The Kier molecular flexibility index (Phi) is 3.72. The van der Waals surface area contributed by atoms with E-state index in [2.05, 4.69) is 22.6 Å². The summed E-state index contributed by atoms with van der Waals surface area (Å²) < 4.78 is 1.15. The number of aldehydes is 1. The Morgan fingerprint density at radius 3 is 2.25 bits per heavy atom. The molecule has 2 heteroatoms. The molecule has 0 amide bonds. The zero-order chi connectivity index (χ0) is 11.4. The molecule has 0 bridgehead atoms. The third-order valence-electron chi connectivity index (χ3n) is 2.50. The van der Waals surface area contributed by atoms with Gasteiger partial charge in [0.15, 0.2) is 0 Å². The molecule has 0 spiro atoms. The van der Waals surface area contributed by atoms with Crippen LogP contribution in [0.25, 0.3) is 0 Å². The highest BCUT2D eigenvalue weighted by atomic mass is 127. The third kappa shape index (κ3) is 2.50. The summed E-state index contributed by atoms with van der Waals surface area (Å²) in [5.41, 5.74) is 2.09. The molecule has 1 atom stereocenters. The number of rotatable bonds is 3. The first-order chi connectivity index (χ1) is 7.81. The van der Waals surface area contributed by atoms with E-state index in [0.717, 1.165) is 21.0 Å². The molecular weight excluding hydrogens is 311 g/mol. The van der Waals surface area contributed by atoms with Crippen LogP contribution in [0.3, 0.4) is 0 Å². The Labute approximate surface area is 109 Å². The molecule has 0 fully saturated rings. The van der Waals surface area contributed by atoms with Crippen molar-refractivity contribution in [2.45, 2.75) is 5.92 Å². The molecule has 0 aliphatic heterocycles. The minimum absolute atomic E-state index is 0.157. The van der Waals surface area contributed by atoms with Gasteiger partial charge < -0.3 is 4.79 Å². The maximum Gasteiger partial charge on any atom is 0.131 e. The molecule has 80 valence electrons. The average molecular weight is 322 g/mol. The first-order valence-electron chi connectivity index (χ1n) is 5.07. The minimum atomic E-state index is -0.157. The largest absolute Gasteiger partial charge is 0.302 e. The van der Waals surface area contributed by atoms with Crippen molar-refractivity contribution >= 4 is 28.9 Å². The average Bonchev–Trinajstić information content (AvgIpc) is 2.31. The summed E-state index contributed by atoms with van der Waals surface area (Å²) in [7, 11) is 0. The van der Waals surface area contributed by atoms with Gasteiger partial charge in [0.1, 0.15) is 6.29 Å². The molecule has 2 rings (SSSR count). The summed E-state index contributed by atoms with van der Waals surface area (Å²) in [6.45, 7) is 0. The van der Waals surface area contributed by atoms with Crippen LogP contribution in [-0.4, -0.2) is 6.29 Å². The SMILES string of the molecule is O=CC(c1ccccc1)c1cccc(I)c1. The molecule has 0 saturated carbocycles. The van der Waals surface area contributed by atoms with Crippen LogP contribution in [0.5, 0.6) is 0 Å². The summed E-state index contributed by atoms with van der Waals surface area (Å²) in [6, 6.07) is 17.9. The van der Waals surface area contributed by atoms with Crippen LogP contribution in [0.2, 0.25) is 0 Å². The molecule has 0 saturated heterocycles. The lowest BCUT2D eigenvalue weighted by atomic mass is 9.93. The summed E-state index contributed by atoms with van der Waals surface area (Å²) in [5.74, 6) is -0.157. The molecule has 0 aliphatic rings. The van der Waals surface area contributed by atoms with E-state index >= 15 is 0 Å². The predicted molar refractivity (Wildman–Crippen MR) is 73.5 cm³/mol. The monoisotopic (exact) mass is 322 g/mol. The van der Waals surface area contributed by atoms with Gasteiger partial charge in [-0.05, 0) is 45.9 Å². The Morgan fingerprint density at radius 1 is 0.938 bits per heavy atom. The maximum atomic E-state index is 11.2. The van der Waals surface area contributed by atoms with Gasteiger partial charge in [-0.1, -0.05) is 42.5 Å². The van der Waals surface area contributed by atoms with E-state index in [9.17, 15) is 4.79 Å². The summed E-state index contributed by atoms with van der Waals surface area (Å²) in [4.78, 5) is 11.2. The third-order valence-corrected chi connectivity index (χ3v) is 3.17. The van der Waals surface area contributed by atoms with E-state index in [1.54, 1.807) is 0 Å². The fourth-order valence-corrected chi connectivity index (χ4v) is 2.28. The van der Waals surface area contributed by atoms with Crippen LogP contribution >= 0.6 is 22.6 Å². The first-order valence-corrected chi connectivity index (χ1v) is 6.15. The van der Waals surface area contributed by atoms with Gasteiger partial charge in [-0.25, -0.2) is 0 Å². The van der Waals surface area contributed by atoms with Crippen LogP contribution in [-0.2, 0) is 4.79 Å². The van der Waals surface area contributed by atoms with E-state index in [0.29, 0.717) is 0 Å². The lowest BCUT2D eigenvalue weighted by molar-refractivity contribution is -0.108. The second-order valence-electron chi connectivity index (χ2n) is 3.58. The molecule has 0 heterocycles. The van der Waals surface area contributed by atoms with Crippen molar-refractivity contribution in [2.75, 3.05) is 0 Å². The molecule has 0 aromatic heterocycles. The van der Waals surface area contributed by atoms with Crippen LogP contribution in [0, 0.1) is 3.57 Å². The van der Waals surface area contributed by atoms with Gasteiger partial charge in [-0.3, -0.25) is 0 Å². The van der Waals surface area contributed by atoms with E-state index in [4.69, 9.17) is 0 Å². The van der Waals surface area contributed by atoms with E-state index in [1.807, 2.05) is 54.6 Å². The van der Waals surface area contributed by atoms with Crippen molar-refractivity contribution in [3.63, 3.8) is 0 Å². The van der Waals surface area contributed by atoms with Gasteiger partial charge in [0.05, 0.1) is 5.92 Å². The van der Waals surface area contributed by atoms with E-state index in [1.165, 1.54) is 0 Å². The quantitative estimate of drug-likeness (QED) is 0.623. The van der Waals surface area contributed by atoms with Gasteiger partial charge >= 0.3 is 0 Å².